The van der Waals surface area contributed by atoms with Crippen molar-refractivity contribution in [2.24, 2.45) is 0 Å². The maximum Gasteiger partial charge on any atom is 0.257 e. The van der Waals surface area contributed by atoms with E-state index in [1.165, 1.54) is 0 Å². The van der Waals surface area contributed by atoms with Gasteiger partial charge in [-0.3, -0.25) is 14.9 Å². The maximum atomic E-state index is 12.2. The highest BCUT2D eigenvalue weighted by Crippen LogP contribution is 2.13. The highest BCUT2D eigenvalue weighted by Gasteiger charge is 2.15. The fourth-order valence-corrected chi connectivity index (χ4v) is 2.56. The number of nitrogens with one attached hydrogen (secondary N) is 3. The molecular weight excluding hydrogens is 414 g/mol. The van der Waals surface area contributed by atoms with Crippen molar-refractivity contribution < 1.29 is 9.59 Å². The number of hydrogen-bond acceptors (Lipinski definition) is 3. The molecule has 26 heavy (non-hydrogen) atoms. The first kappa shape index (κ1) is 20.1. The van der Waals surface area contributed by atoms with Crippen molar-refractivity contribution in [3.8, 4) is 0 Å². The monoisotopic (exact) mass is 433 g/mol. The van der Waals surface area contributed by atoms with Crippen LogP contribution in [-0.4, -0.2) is 22.5 Å². The number of anilines is 1. The topological polar surface area (TPSA) is 70.2 Å². The number of hydrogen-bond donors (Lipinski definition) is 3. The average molecular weight is 434 g/mol. The molecule has 0 saturated carbocycles. The highest BCUT2D eigenvalue weighted by molar-refractivity contribution is 9.10. The number of halogens is 1. The van der Waals surface area contributed by atoms with Crippen LogP contribution in [0.2, 0.25) is 0 Å². The van der Waals surface area contributed by atoms with Crippen LogP contribution in [0.1, 0.15) is 41.5 Å². The summed E-state index contributed by atoms with van der Waals surface area (Å²) in [5.74, 6) is -0.484. The molecule has 0 radical (unpaired) electrons. The van der Waals surface area contributed by atoms with E-state index in [0.717, 1.165) is 4.47 Å². The second-order valence-electron chi connectivity index (χ2n) is 6.70. The number of benzene rings is 2. The molecule has 5 nitrogen and oxygen atoms in total. The minimum absolute atomic E-state index is 0.159. The van der Waals surface area contributed by atoms with Gasteiger partial charge in [0.2, 0.25) is 0 Å². The smallest absolute Gasteiger partial charge is 0.257 e. The first-order valence-corrected chi connectivity index (χ1v) is 9.15. The Kier molecular flexibility index (Phi) is 6.50. The predicted octanol–water partition coefficient (Wildman–Crippen LogP) is 4.10. The first-order valence-electron chi connectivity index (χ1n) is 7.94. The summed E-state index contributed by atoms with van der Waals surface area (Å²) < 4.78 is 0.889. The molecule has 0 saturated heterocycles. The van der Waals surface area contributed by atoms with E-state index in [1.807, 2.05) is 20.8 Å². The Morgan fingerprint density at radius 3 is 2.23 bits per heavy atom. The van der Waals surface area contributed by atoms with Gasteiger partial charge < -0.3 is 10.6 Å². The minimum Gasteiger partial charge on any atom is -0.347 e. The van der Waals surface area contributed by atoms with E-state index in [2.05, 4.69) is 31.9 Å². The van der Waals surface area contributed by atoms with Gasteiger partial charge in [-0.2, -0.15) is 0 Å². The molecule has 2 rings (SSSR count). The summed E-state index contributed by atoms with van der Waals surface area (Å²) >= 11 is 8.51. The van der Waals surface area contributed by atoms with Crippen LogP contribution in [0.15, 0.2) is 53.0 Å². The van der Waals surface area contributed by atoms with Crippen molar-refractivity contribution in [1.29, 1.82) is 0 Å². The molecule has 0 bridgehead atoms. The highest BCUT2D eigenvalue weighted by atomic mass is 79.9. The van der Waals surface area contributed by atoms with Gasteiger partial charge in [0.15, 0.2) is 5.11 Å². The average Bonchev–Trinajstić information content (AvgIpc) is 2.54. The van der Waals surface area contributed by atoms with Crippen molar-refractivity contribution in [3.05, 3.63) is 64.1 Å². The van der Waals surface area contributed by atoms with Crippen LogP contribution in [0, 0.1) is 0 Å². The van der Waals surface area contributed by atoms with E-state index in [0.29, 0.717) is 16.8 Å². The van der Waals surface area contributed by atoms with Gasteiger partial charge in [0.25, 0.3) is 11.8 Å². The van der Waals surface area contributed by atoms with Gasteiger partial charge in [-0.05, 0) is 75.5 Å². The minimum atomic E-state index is -0.325. The third-order valence-corrected chi connectivity index (χ3v) is 3.94. The normalized spacial score (nSPS) is 10.8. The van der Waals surface area contributed by atoms with Gasteiger partial charge in [0.05, 0.1) is 0 Å². The van der Waals surface area contributed by atoms with E-state index in [9.17, 15) is 9.59 Å². The quantitative estimate of drug-likeness (QED) is 0.637. The van der Waals surface area contributed by atoms with Gasteiger partial charge in [-0.1, -0.05) is 22.0 Å². The third-order valence-electron chi connectivity index (χ3n) is 3.20. The molecule has 3 N–H and O–H groups in total. The van der Waals surface area contributed by atoms with Crippen LogP contribution >= 0.6 is 28.1 Å². The molecule has 0 aromatic heterocycles. The van der Waals surface area contributed by atoms with Crippen LogP contribution in [-0.2, 0) is 0 Å². The van der Waals surface area contributed by atoms with Gasteiger partial charge in [0, 0.05) is 26.8 Å². The lowest BCUT2D eigenvalue weighted by Crippen LogP contribution is -2.40. The molecule has 0 fully saturated rings. The Hall–Kier alpha value is -2.25. The van der Waals surface area contributed by atoms with Crippen molar-refractivity contribution in [3.63, 3.8) is 0 Å². The standard InChI is InChI=1S/C19H20BrN3O2S/c1-19(2,3)23-17(25)13-5-4-6-15(11-13)21-18(26)22-16(24)12-7-9-14(20)10-8-12/h4-11H,1-3H3,(H,23,25)(H2,21,22,24,26). The summed E-state index contributed by atoms with van der Waals surface area (Å²) in [5.41, 5.74) is 1.30. The Morgan fingerprint density at radius 1 is 0.962 bits per heavy atom. The van der Waals surface area contributed by atoms with E-state index in [-0.39, 0.29) is 22.5 Å². The predicted molar refractivity (Wildman–Crippen MR) is 111 cm³/mol. The van der Waals surface area contributed by atoms with Gasteiger partial charge in [-0.15, -0.1) is 0 Å². The summed E-state index contributed by atoms with van der Waals surface area (Å²) in [4.78, 5) is 24.4. The molecule has 0 spiro atoms. The summed E-state index contributed by atoms with van der Waals surface area (Å²) in [6, 6.07) is 13.9. The lowest BCUT2D eigenvalue weighted by Gasteiger charge is -2.20. The van der Waals surface area contributed by atoms with Crippen LogP contribution in [0.3, 0.4) is 0 Å². The maximum absolute atomic E-state index is 12.2. The van der Waals surface area contributed by atoms with E-state index in [4.69, 9.17) is 12.2 Å². The zero-order valence-corrected chi connectivity index (χ0v) is 17.1. The van der Waals surface area contributed by atoms with Gasteiger partial charge in [0.1, 0.15) is 0 Å². The van der Waals surface area contributed by atoms with E-state index in [1.54, 1.807) is 48.5 Å². The molecule has 0 aliphatic rings. The van der Waals surface area contributed by atoms with Crippen molar-refractivity contribution in [2.75, 3.05) is 5.32 Å². The number of carbonyl (C=O) groups is 2. The lowest BCUT2D eigenvalue weighted by atomic mass is 10.1. The first-order chi connectivity index (χ1) is 12.1. The fourth-order valence-electron chi connectivity index (χ4n) is 2.09. The van der Waals surface area contributed by atoms with Crippen LogP contribution < -0.4 is 16.0 Å². The summed E-state index contributed by atoms with van der Waals surface area (Å²) in [5, 5.41) is 8.60. The molecule has 2 amide bonds. The lowest BCUT2D eigenvalue weighted by molar-refractivity contribution is 0.0918. The molecule has 0 aliphatic heterocycles. The van der Waals surface area contributed by atoms with E-state index >= 15 is 0 Å². The molecule has 2 aromatic carbocycles. The number of rotatable bonds is 3. The van der Waals surface area contributed by atoms with Crippen LogP contribution in [0.25, 0.3) is 0 Å². The van der Waals surface area contributed by atoms with Gasteiger partial charge >= 0.3 is 0 Å². The SMILES string of the molecule is CC(C)(C)NC(=O)c1cccc(NC(=S)NC(=O)c2ccc(Br)cc2)c1. The summed E-state index contributed by atoms with van der Waals surface area (Å²) in [6.45, 7) is 5.75. The zero-order chi connectivity index (χ0) is 19.3. The van der Waals surface area contributed by atoms with Crippen molar-refractivity contribution in [1.82, 2.24) is 10.6 Å². The van der Waals surface area contributed by atoms with E-state index < -0.39 is 0 Å². The number of thiocarbonyl (C=S) groups is 1. The number of carbonyl (C=O) groups excluding carboxylic acids is 2. The zero-order valence-electron chi connectivity index (χ0n) is 14.7. The molecule has 0 heterocycles. The molecular formula is C19H20BrN3O2S. The number of amides is 2. The van der Waals surface area contributed by atoms with Crippen LogP contribution in [0.5, 0.6) is 0 Å². The summed E-state index contributed by atoms with van der Waals surface area (Å²) in [7, 11) is 0. The van der Waals surface area contributed by atoms with Crippen molar-refractivity contribution in [2.45, 2.75) is 26.3 Å². The van der Waals surface area contributed by atoms with Crippen molar-refractivity contribution >= 4 is 50.8 Å². The second-order valence-corrected chi connectivity index (χ2v) is 8.02. The Bertz CT molecular complexity index is 829. The van der Waals surface area contributed by atoms with Crippen LogP contribution in [0.4, 0.5) is 5.69 Å². The molecule has 136 valence electrons. The molecule has 0 aliphatic carbocycles. The van der Waals surface area contributed by atoms with Gasteiger partial charge in [-0.25, -0.2) is 0 Å². The molecule has 2 aromatic rings. The fraction of sp³-hybridized carbons (Fsp3) is 0.211. The third kappa shape index (κ3) is 6.24. The molecule has 0 unspecified atom stereocenters. The largest absolute Gasteiger partial charge is 0.347 e. The molecule has 0 atom stereocenters. The molecule has 7 heteroatoms. The Labute approximate surface area is 166 Å². The Balaban J connectivity index is 2.00. The second kappa shape index (κ2) is 8.42. The summed E-state index contributed by atoms with van der Waals surface area (Å²) in [6.07, 6.45) is 0. The Morgan fingerprint density at radius 2 is 1.62 bits per heavy atom.